The number of nitrogens with zero attached hydrogens (tertiary/aromatic N) is 1. The SMILES string of the molecule is NC(=S)NCCOc1cccc2cccnc12. The van der Waals surface area contributed by atoms with Gasteiger partial charge < -0.3 is 15.8 Å². The fraction of sp³-hybridized carbons (Fsp3) is 0.167. The fourth-order valence-corrected chi connectivity index (χ4v) is 1.63. The average Bonchev–Trinajstić information content (AvgIpc) is 2.34. The molecule has 3 N–H and O–H groups in total. The Labute approximate surface area is 105 Å². The van der Waals surface area contributed by atoms with Crippen molar-refractivity contribution < 1.29 is 4.74 Å². The van der Waals surface area contributed by atoms with Crippen LogP contribution in [0, 0.1) is 0 Å². The molecule has 0 saturated heterocycles. The van der Waals surface area contributed by atoms with Crippen molar-refractivity contribution in [2.24, 2.45) is 5.73 Å². The van der Waals surface area contributed by atoms with Crippen LogP contribution in [0.2, 0.25) is 0 Å². The van der Waals surface area contributed by atoms with E-state index >= 15 is 0 Å². The third kappa shape index (κ3) is 3.04. The summed E-state index contributed by atoms with van der Waals surface area (Å²) < 4.78 is 5.63. The number of nitrogens with one attached hydrogen (secondary N) is 1. The van der Waals surface area contributed by atoms with Gasteiger partial charge in [0.05, 0.1) is 6.54 Å². The van der Waals surface area contributed by atoms with Crippen LogP contribution in [0.1, 0.15) is 0 Å². The van der Waals surface area contributed by atoms with Crippen molar-refractivity contribution in [2.45, 2.75) is 0 Å². The minimum Gasteiger partial charge on any atom is -0.489 e. The lowest BCUT2D eigenvalue weighted by Crippen LogP contribution is -2.32. The molecule has 0 aliphatic carbocycles. The third-order valence-corrected chi connectivity index (χ3v) is 2.40. The number of ether oxygens (including phenoxy) is 1. The number of rotatable bonds is 4. The quantitative estimate of drug-likeness (QED) is 0.632. The van der Waals surface area contributed by atoms with Gasteiger partial charge in [0.25, 0.3) is 0 Å². The van der Waals surface area contributed by atoms with Crippen LogP contribution in [0.3, 0.4) is 0 Å². The highest BCUT2D eigenvalue weighted by molar-refractivity contribution is 7.80. The number of thiocarbonyl (C=S) groups is 1. The number of aromatic nitrogens is 1. The van der Waals surface area contributed by atoms with Crippen LogP contribution in [-0.4, -0.2) is 23.2 Å². The summed E-state index contributed by atoms with van der Waals surface area (Å²) in [5.41, 5.74) is 6.18. The van der Waals surface area contributed by atoms with E-state index in [1.165, 1.54) is 0 Å². The Hall–Kier alpha value is -1.88. The van der Waals surface area contributed by atoms with Gasteiger partial charge in [-0.25, -0.2) is 0 Å². The van der Waals surface area contributed by atoms with Gasteiger partial charge in [-0.15, -0.1) is 0 Å². The molecular weight excluding hydrogens is 234 g/mol. The number of pyridine rings is 1. The summed E-state index contributed by atoms with van der Waals surface area (Å²) >= 11 is 4.70. The van der Waals surface area contributed by atoms with Gasteiger partial charge in [0, 0.05) is 11.6 Å². The molecule has 0 aliphatic rings. The van der Waals surface area contributed by atoms with Crippen molar-refractivity contribution >= 4 is 28.2 Å². The maximum absolute atomic E-state index is 5.63. The van der Waals surface area contributed by atoms with E-state index < -0.39 is 0 Å². The molecule has 1 aromatic heterocycles. The first kappa shape index (κ1) is 11.6. The monoisotopic (exact) mass is 247 g/mol. The molecule has 0 atom stereocenters. The predicted molar refractivity (Wildman–Crippen MR) is 72.0 cm³/mol. The van der Waals surface area contributed by atoms with Crippen LogP contribution >= 0.6 is 12.2 Å². The molecule has 1 aromatic carbocycles. The van der Waals surface area contributed by atoms with Crippen molar-refractivity contribution in [3.63, 3.8) is 0 Å². The smallest absolute Gasteiger partial charge is 0.163 e. The molecule has 0 aliphatic heterocycles. The second kappa shape index (κ2) is 5.45. The zero-order valence-electron chi connectivity index (χ0n) is 9.22. The molecule has 4 nitrogen and oxygen atoms in total. The number of para-hydroxylation sites is 1. The van der Waals surface area contributed by atoms with Crippen LogP contribution in [0.25, 0.3) is 10.9 Å². The molecule has 0 bridgehead atoms. The molecule has 0 unspecified atom stereocenters. The maximum atomic E-state index is 5.63. The molecule has 0 fully saturated rings. The van der Waals surface area contributed by atoms with Gasteiger partial charge in [0.2, 0.25) is 0 Å². The highest BCUT2D eigenvalue weighted by Gasteiger charge is 2.01. The first-order valence-corrected chi connectivity index (χ1v) is 5.68. The number of benzene rings is 1. The van der Waals surface area contributed by atoms with Crippen LogP contribution < -0.4 is 15.8 Å². The van der Waals surface area contributed by atoms with Crippen molar-refractivity contribution in [2.75, 3.05) is 13.2 Å². The van der Waals surface area contributed by atoms with Crippen LogP contribution in [-0.2, 0) is 0 Å². The Morgan fingerprint density at radius 1 is 1.35 bits per heavy atom. The molecular formula is C12H13N3OS. The summed E-state index contributed by atoms with van der Waals surface area (Å²) in [5, 5.41) is 4.17. The topological polar surface area (TPSA) is 60.2 Å². The van der Waals surface area contributed by atoms with Gasteiger partial charge in [0.1, 0.15) is 17.9 Å². The molecule has 0 radical (unpaired) electrons. The van der Waals surface area contributed by atoms with Crippen molar-refractivity contribution in [3.05, 3.63) is 36.5 Å². The Kier molecular flexibility index (Phi) is 3.72. The summed E-state index contributed by atoms with van der Waals surface area (Å²) in [4.78, 5) is 4.30. The minimum atomic E-state index is 0.282. The summed E-state index contributed by atoms with van der Waals surface area (Å²) in [6.45, 7) is 1.07. The molecule has 17 heavy (non-hydrogen) atoms. The molecule has 2 aromatic rings. The third-order valence-electron chi connectivity index (χ3n) is 2.25. The maximum Gasteiger partial charge on any atom is 0.163 e. The van der Waals surface area contributed by atoms with E-state index in [4.69, 9.17) is 22.7 Å². The van der Waals surface area contributed by atoms with E-state index in [0.717, 1.165) is 16.7 Å². The van der Waals surface area contributed by atoms with Crippen molar-refractivity contribution in [1.82, 2.24) is 10.3 Å². The zero-order chi connectivity index (χ0) is 12.1. The molecule has 0 saturated carbocycles. The highest BCUT2D eigenvalue weighted by atomic mass is 32.1. The Balaban J connectivity index is 2.05. The molecule has 88 valence electrons. The highest BCUT2D eigenvalue weighted by Crippen LogP contribution is 2.22. The zero-order valence-corrected chi connectivity index (χ0v) is 10.0. The van der Waals surface area contributed by atoms with Gasteiger partial charge >= 0.3 is 0 Å². The normalized spacial score (nSPS) is 10.1. The number of nitrogens with two attached hydrogens (primary N) is 1. The summed E-state index contributed by atoms with van der Waals surface area (Å²) in [6, 6.07) is 9.75. The van der Waals surface area contributed by atoms with E-state index in [1.54, 1.807) is 6.20 Å². The number of fused-ring (bicyclic) bond motifs is 1. The lowest BCUT2D eigenvalue weighted by molar-refractivity contribution is 0.326. The number of hydrogen-bond donors (Lipinski definition) is 2. The lowest BCUT2D eigenvalue weighted by atomic mass is 10.2. The van der Waals surface area contributed by atoms with Gasteiger partial charge in [-0.05, 0) is 24.4 Å². The minimum absolute atomic E-state index is 0.282. The second-order valence-corrected chi connectivity index (χ2v) is 3.91. The molecule has 2 rings (SSSR count). The lowest BCUT2D eigenvalue weighted by Gasteiger charge is -2.09. The summed E-state index contributed by atoms with van der Waals surface area (Å²) in [6.07, 6.45) is 1.75. The summed E-state index contributed by atoms with van der Waals surface area (Å²) in [5.74, 6) is 0.771. The van der Waals surface area contributed by atoms with Crippen molar-refractivity contribution in [1.29, 1.82) is 0 Å². The van der Waals surface area contributed by atoms with E-state index in [0.29, 0.717) is 13.2 Å². The van der Waals surface area contributed by atoms with Gasteiger partial charge in [-0.2, -0.15) is 0 Å². The average molecular weight is 247 g/mol. The largest absolute Gasteiger partial charge is 0.489 e. The number of hydrogen-bond acceptors (Lipinski definition) is 3. The Bertz CT molecular complexity index is 525. The van der Waals surface area contributed by atoms with E-state index in [9.17, 15) is 0 Å². The predicted octanol–water partition coefficient (Wildman–Crippen LogP) is 1.45. The van der Waals surface area contributed by atoms with Gasteiger partial charge in [-0.1, -0.05) is 18.2 Å². The second-order valence-electron chi connectivity index (χ2n) is 3.47. The molecule has 0 spiro atoms. The Morgan fingerprint density at radius 2 is 2.18 bits per heavy atom. The first-order chi connectivity index (χ1) is 8.27. The van der Waals surface area contributed by atoms with E-state index in [1.807, 2.05) is 30.3 Å². The van der Waals surface area contributed by atoms with Crippen LogP contribution in [0.15, 0.2) is 36.5 Å². The Morgan fingerprint density at radius 3 is 3.00 bits per heavy atom. The van der Waals surface area contributed by atoms with Gasteiger partial charge in [0.15, 0.2) is 5.11 Å². The van der Waals surface area contributed by atoms with Crippen LogP contribution in [0.4, 0.5) is 0 Å². The fourth-order valence-electron chi connectivity index (χ4n) is 1.53. The first-order valence-electron chi connectivity index (χ1n) is 5.27. The van der Waals surface area contributed by atoms with Crippen LogP contribution in [0.5, 0.6) is 5.75 Å². The van der Waals surface area contributed by atoms with Gasteiger partial charge in [-0.3, -0.25) is 4.98 Å². The van der Waals surface area contributed by atoms with Crippen molar-refractivity contribution in [3.8, 4) is 5.75 Å². The summed E-state index contributed by atoms with van der Waals surface area (Å²) in [7, 11) is 0. The standard InChI is InChI=1S/C12H13N3OS/c13-12(17)15-7-8-16-10-5-1-3-9-4-2-6-14-11(9)10/h1-6H,7-8H2,(H3,13,15,17). The molecule has 1 heterocycles. The van der Waals surface area contributed by atoms with E-state index in [2.05, 4.69) is 10.3 Å². The molecule has 5 heteroatoms. The molecule has 0 amide bonds. The van der Waals surface area contributed by atoms with E-state index in [-0.39, 0.29) is 5.11 Å².